The molecule has 4 rings (SSSR count). The van der Waals surface area contributed by atoms with Crippen molar-refractivity contribution in [3.63, 3.8) is 0 Å². The minimum Gasteiger partial charge on any atom is -0.497 e. The molecule has 0 bridgehead atoms. The number of hydrogen-bond acceptors (Lipinski definition) is 6. The monoisotopic (exact) mass is 476 g/mol. The number of amides is 1. The molecular formula is C26H25ClN4O3. The van der Waals surface area contributed by atoms with Crippen molar-refractivity contribution in [3.8, 4) is 11.8 Å². The lowest BCUT2D eigenvalue weighted by molar-refractivity contribution is -0.118. The average Bonchev–Trinajstić information content (AvgIpc) is 2.80. The Bertz CT molecular complexity index is 1270. The predicted octanol–water partition coefficient (Wildman–Crippen LogP) is 4.43. The Labute approximate surface area is 203 Å². The van der Waals surface area contributed by atoms with E-state index in [1.807, 2.05) is 26.0 Å². The zero-order valence-corrected chi connectivity index (χ0v) is 19.9. The highest BCUT2D eigenvalue weighted by molar-refractivity contribution is 6.30. The first-order chi connectivity index (χ1) is 16.1. The molecule has 1 aliphatic carbocycles. The number of rotatable bonds is 4. The smallest absolute Gasteiger partial charge is 0.270 e. The lowest BCUT2D eigenvalue weighted by Crippen LogP contribution is -2.49. The number of halogens is 1. The third-order valence-electron chi connectivity index (χ3n) is 6.13. The van der Waals surface area contributed by atoms with Crippen LogP contribution in [0.2, 0.25) is 5.02 Å². The molecule has 34 heavy (non-hydrogen) atoms. The van der Waals surface area contributed by atoms with E-state index in [2.05, 4.69) is 11.5 Å². The number of nitrogens with one attached hydrogen (secondary N) is 1. The fourth-order valence-corrected chi connectivity index (χ4v) is 4.68. The second-order valence-electron chi connectivity index (χ2n) is 9.20. The number of hydrogen-bond donors (Lipinski definition) is 2. The Hall–Kier alpha value is -3.76. The molecule has 1 atom stereocenters. The second-order valence-corrected chi connectivity index (χ2v) is 9.64. The molecule has 2 aromatic carbocycles. The number of allylic oxidation sites excluding steroid dienone is 3. The lowest BCUT2D eigenvalue weighted by Gasteiger charge is -2.43. The average molecular weight is 477 g/mol. The molecule has 2 aromatic rings. The van der Waals surface area contributed by atoms with Crippen molar-refractivity contribution >= 4 is 23.3 Å². The van der Waals surface area contributed by atoms with E-state index < -0.39 is 11.8 Å². The Morgan fingerprint density at radius 2 is 1.94 bits per heavy atom. The van der Waals surface area contributed by atoms with Gasteiger partial charge in [-0.1, -0.05) is 37.6 Å². The zero-order valence-electron chi connectivity index (χ0n) is 19.2. The maximum Gasteiger partial charge on any atom is 0.270 e. The van der Waals surface area contributed by atoms with Crippen LogP contribution in [0, 0.1) is 16.7 Å². The van der Waals surface area contributed by atoms with Crippen molar-refractivity contribution in [1.82, 2.24) is 10.4 Å². The molecule has 1 aliphatic heterocycles. The van der Waals surface area contributed by atoms with Gasteiger partial charge in [0.1, 0.15) is 11.6 Å². The summed E-state index contributed by atoms with van der Waals surface area (Å²) in [6.07, 6.45) is 0.818. The van der Waals surface area contributed by atoms with Gasteiger partial charge in [-0.3, -0.25) is 15.0 Å². The van der Waals surface area contributed by atoms with E-state index >= 15 is 0 Å². The van der Waals surface area contributed by atoms with Gasteiger partial charge in [0, 0.05) is 22.6 Å². The summed E-state index contributed by atoms with van der Waals surface area (Å²) in [6, 6.07) is 15.9. The molecule has 0 saturated carbocycles. The van der Waals surface area contributed by atoms with Crippen LogP contribution in [0.15, 0.2) is 71.2 Å². The molecule has 0 saturated heterocycles. The highest BCUT2D eigenvalue weighted by Crippen LogP contribution is 2.48. The molecule has 0 fully saturated rings. The van der Waals surface area contributed by atoms with Gasteiger partial charge in [-0.2, -0.15) is 5.26 Å². The lowest BCUT2D eigenvalue weighted by atomic mass is 9.69. The number of nitriles is 1. The summed E-state index contributed by atoms with van der Waals surface area (Å²) in [5.74, 6) is -0.466. The van der Waals surface area contributed by atoms with Crippen LogP contribution < -0.4 is 15.9 Å². The maximum atomic E-state index is 13.5. The number of carbonyl (C=O) groups is 2. The standard InChI is InChI=1S/C26H25ClN4O3/c1-26(2)12-20-23(21(32)13-26)22(16-5-4-6-18(11-16)34-3)19(14-28)24(29)31(20)30-25(33)15-7-9-17(27)10-8-15/h4-11,22H,12-13,29H2,1-3H3,(H,30,33). The van der Waals surface area contributed by atoms with Gasteiger partial charge < -0.3 is 10.5 Å². The first-order valence-electron chi connectivity index (χ1n) is 10.8. The third kappa shape index (κ3) is 4.25. The molecule has 0 radical (unpaired) electrons. The molecule has 0 spiro atoms. The third-order valence-corrected chi connectivity index (χ3v) is 6.38. The van der Waals surface area contributed by atoms with Crippen molar-refractivity contribution < 1.29 is 14.3 Å². The highest BCUT2D eigenvalue weighted by Gasteiger charge is 2.45. The van der Waals surface area contributed by atoms with E-state index in [-0.39, 0.29) is 22.6 Å². The number of ether oxygens (including phenoxy) is 1. The van der Waals surface area contributed by atoms with Gasteiger partial charge in [0.25, 0.3) is 5.91 Å². The minimum absolute atomic E-state index is 0.0786. The summed E-state index contributed by atoms with van der Waals surface area (Å²) in [4.78, 5) is 26.5. The summed E-state index contributed by atoms with van der Waals surface area (Å²) >= 11 is 5.94. The van der Waals surface area contributed by atoms with Gasteiger partial charge in [-0.15, -0.1) is 0 Å². The van der Waals surface area contributed by atoms with E-state index in [1.54, 1.807) is 43.5 Å². The van der Waals surface area contributed by atoms with Crippen LogP contribution in [-0.4, -0.2) is 23.8 Å². The summed E-state index contributed by atoms with van der Waals surface area (Å²) in [6.45, 7) is 3.99. The maximum absolute atomic E-state index is 13.5. The number of methoxy groups -OCH3 is 1. The molecule has 0 aromatic heterocycles. The Kier molecular flexibility index (Phi) is 6.11. The van der Waals surface area contributed by atoms with Gasteiger partial charge in [-0.05, 0) is 53.8 Å². The molecule has 2 aliphatic rings. The second kappa shape index (κ2) is 8.88. The summed E-state index contributed by atoms with van der Waals surface area (Å²) in [5, 5.41) is 12.0. The predicted molar refractivity (Wildman–Crippen MR) is 128 cm³/mol. The number of ketones is 1. The first-order valence-corrected chi connectivity index (χ1v) is 11.2. The molecule has 3 N–H and O–H groups in total. The number of nitrogens with two attached hydrogens (primary N) is 1. The molecule has 1 unspecified atom stereocenters. The van der Waals surface area contributed by atoms with E-state index in [0.29, 0.717) is 40.4 Å². The van der Waals surface area contributed by atoms with Crippen LogP contribution in [0.4, 0.5) is 0 Å². The minimum atomic E-state index is -0.651. The molecule has 1 heterocycles. The van der Waals surface area contributed by atoms with Gasteiger partial charge in [0.2, 0.25) is 0 Å². The van der Waals surface area contributed by atoms with Crippen LogP contribution in [0.5, 0.6) is 5.75 Å². The number of benzene rings is 2. The van der Waals surface area contributed by atoms with Crippen molar-refractivity contribution in [3.05, 3.63) is 87.3 Å². The van der Waals surface area contributed by atoms with E-state index in [9.17, 15) is 14.9 Å². The van der Waals surface area contributed by atoms with E-state index in [0.717, 1.165) is 5.56 Å². The fraction of sp³-hybridized carbons (Fsp3) is 0.269. The van der Waals surface area contributed by atoms with Gasteiger partial charge in [0.15, 0.2) is 5.78 Å². The van der Waals surface area contributed by atoms with E-state index in [4.69, 9.17) is 22.1 Å². The Morgan fingerprint density at radius 1 is 1.24 bits per heavy atom. The molecule has 1 amide bonds. The fourth-order valence-electron chi connectivity index (χ4n) is 4.56. The number of hydrazine groups is 1. The van der Waals surface area contributed by atoms with Crippen LogP contribution >= 0.6 is 11.6 Å². The normalized spacial score (nSPS) is 19.4. The van der Waals surface area contributed by atoms with Crippen molar-refractivity contribution in [2.75, 3.05) is 7.11 Å². The van der Waals surface area contributed by atoms with Crippen molar-refractivity contribution in [2.24, 2.45) is 11.1 Å². The number of Topliss-reactive ketones (excluding diaryl/α,β-unsaturated/α-hetero) is 1. The van der Waals surface area contributed by atoms with E-state index in [1.165, 1.54) is 5.01 Å². The zero-order chi connectivity index (χ0) is 24.6. The molecule has 174 valence electrons. The molecular weight excluding hydrogens is 452 g/mol. The van der Waals surface area contributed by atoms with Crippen LogP contribution in [0.25, 0.3) is 0 Å². The molecule has 8 heteroatoms. The largest absolute Gasteiger partial charge is 0.497 e. The Balaban J connectivity index is 1.85. The van der Waals surface area contributed by atoms with Crippen molar-refractivity contribution in [1.29, 1.82) is 5.26 Å². The number of nitrogens with zero attached hydrogens (tertiary/aromatic N) is 2. The topological polar surface area (TPSA) is 108 Å². The van der Waals surface area contributed by atoms with Crippen LogP contribution in [0.1, 0.15) is 48.5 Å². The van der Waals surface area contributed by atoms with Crippen molar-refractivity contribution in [2.45, 2.75) is 32.6 Å². The van der Waals surface area contributed by atoms with Crippen LogP contribution in [0.3, 0.4) is 0 Å². The summed E-state index contributed by atoms with van der Waals surface area (Å²) < 4.78 is 5.36. The van der Waals surface area contributed by atoms with Gasteiger partial charge in [0.05, 0.1) is 30.4 Å². The van der Waals surface area contributed by atoms with Crippen LogP contribution in [-0.2, 0) is 4.79 Å². The summed E-state index contributed by atoms with van der Waals surface area (Å²) in [5.41, 5.74) is 11.3. The van der Waals surface area contributed by atoms with Gasteiger partial charge >= 0.3 is 0 Å². The number of carbonyl (C=O) groups excluding carboxylic acids is 2. The Morgan fingerprint density at radius 3 is 2.59 bits per heavy atom. The molecule has 7 nitrogen and oxygen atoms in total. The quantitative estimate of drug-likeness (QED) is 0.675. The van der Waals surface area contributed by atoms with Gasteiger partial charge in [-0.25, -0.2) is 5.01 Å². The summed E-state index contributed by atoms with van der Waals surface area (Å²) in [7, 11) is 1.56. The SMILES string of the molecule is COc1cccc(C2C(C#N)=C(N)N(NC(=O)c3ccc(Cl)cc3)C3=C2C(=O)CC(C)(C)C3)c1. The first kappa shape index (κ1) is 23.4. The highest BCUT2D eigenvalue weighted by atomic mass is 35.5.